The van der Waals surface area contributed by atoms with E-state index in [0.717, 1.165) is 11.0 Å². The summed E-state index contributed by atoms with van der Waals surface area (Å²) in [6.07, 6.45) is 1.79. The van der Waals surface area contributed by atoms with E-state index in [0.29, 0.717) is 21.7 Å². The maximum atomic E-state index is 5.73. The summed E-state index contributed by atoms with van der Waals surface area (Å²) in [4.78, 5) is 2.42. The van der Waals surface area contributed by atoms with Crippen LogP contribution in [0.5, 0.6) is 0 Å². The highest BCUT2D eigenvalue weighted by molar-refractivity contribution is 7.82. The van der Waals surface area contributed by atoms with Gasteiger partial charge in [-0.2, -0.15) is 0 Å². The molecule has 0 spiro atoms. The SMILES string of the molecule is CC(C)N1C(=S)OC(=Cc2cc3ccccc3o2)C1=S. The van der Waals surface area contributed by atoms with Crippen molar-refractivity contribution >= 4 is 51.6 Å². The molecule has 0 N–H and O–H groups in total. The van der Waals surface area contributed by atoms with Gasteiger partial charge in [0.1, 0.15) is 11.3 Å². The van der Waals surface area contributed by atoms with Crippen molar-refractivity contribution in [3.8, 4) is 0 Å². The van der Waals surface area contributed by atoms with Crippen molar-refractivity contribution in [2.75, 3.05) is 0 Å². The highest BCUT2D eigenvalue weighted by Crippen LogP contribution is 2.26. The third-order valence-electron chi connectivity index (χ3n) is 3.06. The first-order valence-electron chi connectivity index (χ1n) is 6.32. The van der Waals surface area contributed by atoms with Gasteiger partial charge in [-0.05, 0) is 38.2 Å². The first kappa shape index (κ1) is 13.3. The fourth-order valence-corrected chi connectivity index (χ4v) is 2.97. The second kappa shape index (κ2) is 5.00. The number of hydrogen-bond donors (Lipinski definition) is 0. The number of hydrogen-bond acceptors (Lipinski definition) is 4. The third-order valence-corrected chi connectivity index (χ3v) is 3.74. The number of thiocarbonyl (C=S) groups is 2. The Kier molecular flexibility index (Phi) is 3.31. The van der Waals surface area contributed by atoms with Crippen molar-refractivity contribution in [1.29, 1.82) is 0 Å². The predicted octanol–water partition coefficient (Wildman–Crippen LogP) is 4.13. The number of furan rings is 1. The quantitative estimate of drug-likeness (QED) is 0.614. The van der Waals surface area contributed by atoms with Crippen LogP contribution in [0.15, 0.2) is 40.5 Å². The summed E-state index contributed by atoms with van der Waals surface area (Å²) in [5.74, 6) is 1.27. The molecule has 3 nitrogen and oxygen atoms in total. The van der Waals surface area contributed by atoms with E-state index in [1.807, 2.05) is 49.1 Å². The van der Waals surface area contributed by atoms with Crippen LogP contribution in [0, 0.1) is 0 Å². The van der Waals surface area contributed by atoms with Crippen molar-refractivity contribution < 1.29 is 9.15 Å². The van der Waals surface area contributed by atoms with Crippen molar-refractivity contribution in [2.45, 2.75) is 19.9 Å². The van der Waals surface area contributed by atoms with E-state index in [1.165, 1.54) is 0 Å². The number of rotatable bonds is 2. The maximum Gasteiger partial charge on any atom is 0.270 e. The second-order valence-electron chi connectivity index (χ2n) is 4.83. The Morgan fingerprint density at radius 1 is 1.20 bits per heavy atom. The van der Waals surface area contributed by atoms with E-state index in [1.54, 1.807) is 6.08 Å². The van der Waals surface area contributed by atoms with Gasteiger partial charge in [-0.3, -0.25) is 4.90 Å². The molecule has 1 aliphatic heterocycles. The topological polar surface area (TPSA) is 25.6 Å². The summed E-state index contributed by atoms with van der Waals surface area (Å²) in [5, 5.41) is 1.44. The average molecular weight is 303 g/mol. The van der Waals surface area contributed by atoms with Gasteiger partial charge < -0.3 is 9.15 Å². The van der Waals surface area contributed by atoms with Gasteiger partial charge in [-0.15, -0.1) is 0 Å². The molecular weight excluding hydrogens is 290 g/mol. The lowest BCUT2D eigenvalue weighted by Crippen LogP contribution is -2.34. The zero-order valence-corrected chi connectivity index (χ0v) is 12.8. The van der Waals surface area contributed by atoms with Crippen molar-refractivity contribution in [3.63, 3.8) is 0 Å². The van der Waals surface area contributed by atoms with Crippen molar-refractivity contribution in [3.05, 3.63) is 41.9 Å². The number of fused-ring (bicyclic) bond motifs is 1. The van der Waals surface area contributed by atoms with Gasteiger partial charge in [0.2, 0.25) is 0 Å². The molecule has 0 atom stereocenters. The predicted molar refractivity (Wildman–Crippen MR) is 87.4 cm³/mol. The van der Waals surface area contributed by atoms with Gasteiger partial charge in [0.25, 0.3) is 5.17 Å². The molecule has 1 aromatic heterocycles. The van der Waals surface area contributed by atoms with Crippen LogP contribution in [0.4, 0.5) is 0 Å². The lowest BCUT2D eigenvalue weighted by atomic mass is 10.2. The lowest BCUT2D eigenvalue weighted by Gasteiger charge is -2.18. The zero-order chi connectivity index (χ0) is 14.3. The van der Waals surface area contributed by atoms with E-state index in [-0.39, 0.29) is 6.04 Å². The molecule has 1 saturated heterocycles. The Morgan fingerprint density at radius 3 is 2.60 bits per heavy atom. The van der Waals surface area contributed by atoms with Crippen LogP contribution in [-0.4, -0.2) is 21.1 Å². The van der Waals surface area contributed by atoms with Gasteiger partial charge in [0.05, 0.1) is 0 Å². The van der Waals surface area contributed by atoms with Gasteiger partial charge in [0, 0.05) is 17.5 Å². The fourth-order valence-electron chi connectivity index (χ4n) is 2.13. The summed E-state index contributed by atoms with van der Waals surface area (Å²) < 4.78 is 11.3. The minimum absolute atomic E-state index is 0.177. The zero-order valence-electron chi connectivity index (χ0n) is 11.1. The summed E-state index contributed by atoms with van der Waals surface area (Å²) in [6.45, 7) is 4.04. The fraction of sp³-hybridized carbons (Fsp3) is 0.200. The van der Waals surface area contributed by atoms with Crippen LogP contribution in [-0.2, 0) is 4.74 Å². The smallest absolute Gasteiger partial charge is 0.270 e. The van der Waals surface area contributed by atoms with E-state index in [9.17, 15) is 0 Å². The molecule has 0 saturated carbocycles. The molecule has 2 heterocycles. The molecule has 0 amide bonds. The largest absolute Gasteiger partial charge is 0.457 e. The third kappa shape index (κ3) is 2.23. The molecule has 1 fully saturated rings. The highest BCUT2D eigenvalue weighted by Gasteiger charge is 2.31. The number of nitrogens with zero attached hydrogens (tertiary/aromatic N) is 1. The molecule has 3 rings (SSSR count). The first-order chi connectivity index (χ1) is 9.56. The molecule has 102 valence electrons. The second-order valence-corrected chi connectivity index (χ2v) is 5.57. The van der Waals surface area contributed by atoms with Crippen LogP contribution in [0.3, 0.4) is 0 Å². The summed E-state index contributed by atoms with van der Waals surface area (Å²) in [7, 11) is 0. The molecule has 1 aromatic carbocycles. The Labute approximate surface area is 127 Å². The van der Waals surface area contributed by atoms with Crippen LogP contribution in [0.1, 0.15) is 19.6 Å². The minimum Gasteiger partial charge on any atom is -0.457 e. The normalized spacial score (nSPS) is 17.6. The first-order valence-corrected chi connectivity index (χ1v) is 7.13. The Balaban J connectivity index is 1.96. The van der Waals surface area contributed by atoms with Gasteiger partial charge in [-0.25, -0.2) is 0 Å². The lowest BCUT2D eigenvalue weighted by molar-refractivity contribution is 0.414. The Hall–Kier alpha value is -1.72. The molecule has 2 aromatic rings. The molecule has 20 heavy (non-hydrogen) atoms. The van der Waals surface area contributed by atoms with Crippen LogP contribution in [0.2, 0.25) is 0 Å². The van der Waals surface area contributed by atoms with Crippen LogP contribution >= 0.6 is 24.4 Å². The van der Waals surface area contributed by atoms with Crippen molar-refractivity contribution in [2.24, 2.45) is 0 Å². The monoisotopic (exact) mass is 303 g/mol. The number of ether oxygens (including phenoxy) is 1. The summed E-state index contributed by atoms with van der Waals surface area (Å²) in [6, 6.07) is 9.97. The van der Waals surface area contributed by atoms with E-state index < -0.39 is 0 Å². The Bertz CT molecular complexity index is 697. The van der Waals surface area contributed by atoms with Crippen LogP contribution in [0.25, 0.3) is 17.0 Å². The summed E-state index contributed by atoms with van der Waals surface area (Å²) in [5.41, 5.74) is 0.839. The molecule has 0 aliphatic carbocycles. The molecular formula is C15H13NO2S2. The van der Waals surface area contributed by atoms with Crippen LogP contribution < -0.4 is 0 Å². The minimum atomic E-state index is 0.177. The summed E-state index contributed by atoms with van der Waals surface area (Å²) >= 11 is 10.6. The van der Waals surface area contributed by atoms with Gasteiger partial charge in [0.15, 0.2) is 10.7 Å². The molecule has 1 aliphatic rings. The molecule has 0 unspecified atom stereocenters. The number of benzene rings is 1. The van der Waals surface area contributed by atoms with E-state index >= 15 is 0 Å². The standard InChI is InChI=1S/C15H13NO2S2/c1-9(2)16-14(19)13(18-15(16)20)8-11-7-10-5-3-4-6-12(10)17-11/h3-9H,1-2H3. The van der Waals surface area contributed by atoms with E-state index in [4.69, 9.17) is 33.6 Å². The average Bonchev–Trinajstić information content (AvgIpc) is 2.90. The molecule has 5 heteroatoms. The number of para-hydroxylation sites is 1. The van der Waals surface area contributed by atoms with Gasteiger partial charge in [-0.1, -0.05) is 30.4 Å². The highest BCUT2D eigenvalue weighted by atomic mass is 32.1. The maximum absolute atomic E-state index is 5.73. The molecule has 0 radical (unpaired) electrons. The van der Waals surface area contributed by atoms with Gasteiger partial charge >= 0.3 is 0 Å². The Morgan fingerprint density at radius 2 is 1.95 bits per heavy atom. The molecule has 0 bridgehead atoms. The van der Waals surface area contributed by atoms with Crippen molar-refractivity contribution in [1.82, 2.24) is 4.90 Å². The van der Waals surface area contributed by atoms with E-state index in [2.05, 4.69) is 0 Å².